The van der Waals surface area contributed by atoms with Crippen molar-refractivity contribution in [3.63, 3.8) is 0 Å². The highest BCUT2D eigenvalue weighted by molar-refractivity contribution is 5.76. The number of hydrogen-bond acceptors (Lipinski definition) is 5. The smallest absolute Gasteiger partial charge is 0.230 e. The minimum Gasteiger partial charge on any atom is -0.353 e. The number of hydrogen-bond donors (Lipinski definition) is 2. The van der Waals surface area contributed by atoms with Crippen LogP contribution in [0.5, 0.6) is 0 Å². The van der Waals surface area contributed by atoms with Crippen molar-refractivity contribution in [3.05, 3.63) is 35.7 Å². The van der Waals surface area contributed by atoms with E-state index in [4.69, 9.17) is 10.3 Å². The van der Waals surface area contributed by atoms with Gasteiger partial charge in [-0.2, -0.15) is 4.98 Å². The van der Waals surface area contributed by atoms with Crippen molar-refractivity contribution in [2.45, 2.75) is 82.7 Å². The SMILES string of the molecule is NCc1ccc(-c2noc(C3CCC(NC(=O)CC4CCCCC4)CC3)n2)cc1. The molecule has 0 unspecified atom stereocenters. The molecule has 3 N–H and O–H groups in total. The molecule has 2 aliphatic rings. The molecule has 1 amide bonds. The summed E-state index contributed by atoms with van der Waals surface area (Å²) >= 11 is 0. The van der Waals surface area contributed by atoms with Crippen LogP contribution in [-0.4, -0.2) is 22.1 Å². The third-order valence-corrected chi connectivity index (χ3v) is 6.53. The van der Waals surface area contributed by atoms with Crippen LogP contribution in [0.2, 0.25) is 0 Å². The van der Waals surface area contributed by atoms with E-state index in [1.807, 2.05) is 24.3 Å². The fourth-order valence-electron chi connectivity index (χ4n) is 4.73. The fourth-order valence-corrected chi connectivity index (χ4v) is 4.73. The van der Waals surface area contributed by atoms with Crippen LogP contribution in [0.1, 0.15) is 81.6 Å². The molecule has 0 saturated heterocycles. The summed E-state index contributed by atoms with van der Waals surface area (Å²) < 4.78 is 5.56. The van der Waals surface area contributed by atoms with Crippen LogP contribution < -0.4 is 11.1 Å². The predicted molar refractivity (Wildman–Crippen MR) is 112 cm³/mol. The number of aromatic nitrogens is 2. The van der Waals surface area contributed by atoms with Crippen molar-refractivity contribution in [2.75, 3.05) is 0 Å². The molecule has 1 aromatic heterocycles. The lowest BCUT2D eigenvalue weighted by Crippen LogP contribution is -2.38. The van der Waals surface area contributed by atoms with Crippen molar-refractivity contribution in [2.24, 2.45) is 11.7 Å². The first-order valence-electron chi connectivity index (χ1n) is 11.1. The molecule has 4 rings (SSSR count). The van der Waals surface area contributed by atoms with Gasteiger partial charge in [0.1, 0.15) is 0 Å². The molecule has 2 fully saturated rings. The van der Waals surface area contributed by atoms with Gasteiger partial charge in [0.25, 0.3) is 0 Å². The molecule has 0 radical (unpaired) electrons. The van der Waals surface area contributed by atoms with E-state index < -0.39 is 0 Å². The Morgan fingerprint density at radius 1 is 1.03 bits per heavy atom. The Balaban J connectivity index is 1.26. The highest BCUT2D eigenvalue weighted by Gasteiger charge is 2.28. The maximum absolute atomic E-state index is 12.4. The number of nitrogens with zero attached hydrogens (tertiary/aromatic N) is 2. The Morgan fingerprint density at radius 2 is 1.76 bits per heavy atom. The summed E-state index contributed by atoms with van der Waals surface area (Å²) in [7, 11) is 0. The topological polar surface area (TPSA) is 94.0 Å². The van der Waals surface area contributed by atoms with Crippen LogP contribution >= 0.6 is 0 Å². The monoisotopic (exact) mass is 396 g/mol. The van der Waals surface area contributed by atoms with E-state index in [2.05, 4.69) is 15.5 Å². The van der Waals surface area contributed by atoms with Crippen LogP contribution in [0.3, 0.4) is 0 Å². The Morgan fingerprint density at radius 3 is 2.45 bits per heavy atom. The Kier molecular flexibility index (Phi) is 6.60. The highest BCUT2D eigenvalue weighted by Crippen LogP contribution is 2.33. The first-order valence-corrected chi connectivity index (χ1v) is 11.1. The summed E-state index contributed by atoms with van der Waals surface area (Å²) in [6.45, 7) is 0.526. The summed E-state index contributed by atoms with van der Waals surface area (Å²) in [6.07, 6.45) is 10.9. The summed E-state index contributed by atoms with van der Waals surface area (Å²) in [5, 5.41) is 7.43. The minimum atomic E-state index is 0.237. The molecular formula is C23H32N4O2. The Hall–Kier alpha value is -2.21. The molecule has 0 spiro atoms. The van der Waals surface area contributed by atoms with Gasteiger partial charge in [-0.1, -0.05) is 48.7 Å². The third kappa shape index (κ3) is 5.24. The van der Waals surface area contributed by atoms with E-state index in [1.54, 1.807) is 0 Å². The zero-order valence-corrected chi connectivity index (χ0v) is 17.1. The average Bonchev–Trinajstić information content (AvgIpc) is 3.25. The number of benzene rings is 1. The van der Waals surface area contributed by atoms with Crippen molar-refractivity contribution in [1.82, 2.24) is 15.5 Å². The first kappa shape index (κ1) is 20.1. The standard InChI is InChI=1S/C23H32N4O2/c24-15-17-6-8-18(9-7-17)22-26-23(29-27-22)19-10-12-20(13-11-19)25-21(28)14-16-4-2-1-3-5-16/h6-9,16,19-20H,1-5,10-15,24H2,(H,25,28). The number of carbonyl (C=O) groups excluding carboxylic acids is 1. The van der Waals surface area contributed by atoms with E-state index in [0.29, 0.717) is 24.7 Å². The molecule has 2 aromatic rings. The molecule has 2 saturated carbocycles. The Bertz CT molecular complexity index is 787. The highest BCUT2D eigenvalue weighted by atomic mass is 16.5. The van der Waals surface area contributed by atoms with Crippen LogP contribution in [0.25, 0.3) is 11.4 Å². The van der Waals surface area contributed by atoms with Crippen molar-refractivity contribution in [1.29, 1.82) is 0 Å². The van der Waals surface area contributed by atoms with Crippen LogP contribution in [0, 0.1) is 5.92 Å². The molecule has 2 aliphatic carbocycles. The molecule has 0 atom stereocenters. The van der Waals surface area contributed by atoms with Gasteiger partial charge in [0.2, 0.25) is 17.6 Å². The zero-order valence-electron chi connectivity index (χ0n) is 17.1. The van der Waals surface area contributed by atoms with Gasteiger partial charge in [0.05, 0.1) is 0 Å². The van der Waals surface area contributed by atoms with Gasteiger partial charge in [-0.15, -0.1) is 0 Å². The van der Waals surface area contributed by atoms with E-state index in [9.17, 15) is 4.79 Å². The quantitative estimate of drug-likeness (QED) is 0.759. The third-order valence-electron chi connectivity index (χ3n) is 6.53. The summed E-state index contributed by atoms with van der Waals surface area (Å²) in [6, 6.07) is 8.23. The van der Waals surface area contributed by atoms with Gasteiger partial charge in [-0.05, 0) is 50.0 Å². The zero-order chi connectivity index (χ0) is 20.1. The van der Waals surface area contributed by atoms with Crippen LogP contribution in [0.4, 0.5) is 0 Å². The van der Waals surface area contributed by atoms with E-state index >= 15 is 0 Å². The van der Waals surface area contributed by atoms with E-state index in [1.165, 1.54) is 32.1 Å². The average molecular weight is 397 g/mol. The second-order valence-electron chi connectivity index (χ2n) is 8.68. The largest absolute Gasteiger partial charge is 0.353 e. The molecular weight excluding hydrogens is 364 g/mol. The normalized spacial score (nSPS) is 23.1. The summed E-state index contributed by atoms with van der Waals surface area (Å²) in [5.41, 5.74) is 7.68. The molecule has 156 valence electrons. The van der Waals surface area contributed by atoms with Crippen molar-refractivity contribution >= 4 is 5.91 Å². The molecule has 0 bridgehead atoms. The fraction of sp³-hybridized carbons (Fsp3) is 0.609. The Labute approximate surface area is 172 Å². The number of rotatable bonds is 6. The minimum absolute atomic E-state index is 0.237. The van der Waals surface area contributed by atoms with Crippen LogP contribution in [-0.2, 0) is 11.3 Å². The molecule has 29 heavy (non-hydrogen) atoms. The molecule has 1 heterocycles. The molecule has 0 aliphatic heterocycles. The second kappa shape index (κ2) is 9.53. The first-order chi connectivity index (χ1) is 14.2. The van der Waals surface area contributed by atoms with Crippen molar-refractivity contribution in [3.8, 4) is 11.4 Å². The van der Waals surface area contributed by atoms with Gasteiger partial charge >= 0.3 is 0 Å². The predicted octanol–water partition coefficient (Wildman–Crippen LogP) is 4.31. The lowest BCUT2D eigenvalue weighted by Gasteiger charge is -2.28. The number of nitrogens with one attached hydrogen (secondary N) is 1. The lowest BCUT2D eigenvalue weighted by atomic mass is 9.85. The number of nitrogens with two attached hydrogens (primary N) is 1. The molecule has 1 aromatic carbocycles. The van der Waals surface area contributed by atoms with E-state index in [0.717, 1.165) is 42.7 Å². The maximum Gasteiger partial charge on any atom is 0.230 e. The van der Waals surface area contributed by atoms with Gasteiger partial charge in [-0.25, -0.2) is 0 Å². The molecule has 6 nitrogen and oxygen atoms in total. The lowest BCUT2D eigenvalue weighted by molar-refractivity contribution is -0.123. The van der Waals surface area contributed by atoms with Gasteiger partial charge in [0.15, 0.2) is 0 Å². The number of carbonyl (C=O) groups is 1. The molecule has 6 heteroatoms. The summed E-state index contributed by atoms with van der Waals surface area (Å²) in [5.74, 6) is 2.46. The maximum atomic E-state index is 12.4. The van der Waals surface area contributed by atoms with Crippen LogP contribution in [0.15, 0.2) is 28.8 Å². The van der Waals surface area contributed by atoms with E-state index in [-0.39, 0.29) is 17.9 Å². The van der Waals surface area contributed by atoms with Gasteiger partial charge in [-0.3, -0.25) is 4.79 Å². The van der Waals surface area contributed by atoms with Gasteiger partial charge in [0, 0.05) is 30.5 Å². The van der Waals surface area contributed by atoms with Gasteiger partial charge < -0.3 is 15.6 Å². The summed E-state index contributed by atoms with van der Waals surface area (Å²) in [4.78, 5) is 17.0. The number of amides is 1. The second-order valence-corrected chi connectivity index (χ2v) is 8.68. The van der Waals surface area contributed by atoms with Crippen molar-refractivity contribution < 1.29 is 9.32 Å².